The Morgan fingerprint density at radius 1 is 1.14 bits per heavy atom. The second kappa shape index (κ2) is 14.3. The van der Waals surface area contributed by atoms with Crippen LogP contribution in [0.25, 0.3) is 0 Å². The van der Waals surface area contributed by atoms with Crippen LogP contribution < -0.4 is 5.32 Å². The predicted octanol–water partition coefficient (Wildman–Crippen LogP) is 0.903. The highest BCUT2D eigenvalue weighted by Gasteiger charge is 2.22. The number of carbonyl (C=O) groups excluding carboxylic acids is 1. The lowest BCUT2D eigenvalue weighted by molar-refractivity contribution is -0.146. The highest BCUT2D eigenvalue weighted by Crippen LogP contribution is 1.99. The van der Waals surface area contributed by atoms with Crippen molar-refractivity contribution < 1.29 is 19.0 Å². The average Bonchev–Trinajstić information content (AvgIpc) is 2.48. The van der Waals surface area contributed by atoms with Crippen molar-refractivity contribution in [2.75, 3.05) is 60.2 Å². The Hall–Kier alpha value is -0.690. The molecule has 0 radical (unpaired) electrons. The number of hydrogen-bond acceptors (Lipinski definition) is 6. The molecule has 0 aliphatic rings. The zero-order valence-corrected chi connectivity index (χ0v) is 14.0. The molecule has 0 aromatic heterocycles. The summed E-state index contributed by atoms with van der Waals surface area (Å²) in [6.07, 6.45) is 1.92. The first kappa shape index (κ1) is 20.3. The second-order valence-corrected chi connectivity index (χ2v) is 4.90. The van der Waals surface area contributed by atoms with Gasteiger partial charge in [-0.2, -0.15) is 0 Å². The van der Waals surface area contributed by atoms with Gasteiger partial charge in [0.25, 0.3) is 0 Å². The Kier molecular flexibility index (Phi) is 13.8. The summed E-state index contributed by atoms with van der Waals surface area (Å²) in [5, 5.41) is 3.26. The van der Waals surface area contributed by atoms with Gasteiger partial charge in [0.05, 0.1) is 13.2 Å². The maximum Gasteiger partial charge on any atom is 0.324 e. The van der Waals surface area contributed by atoms with Crippen LogP contribution in [0.1, 0.15) is 26.7 Å². The molecular formula is C15H32N2O4. The number of rotatable bonds is 14. The van der Waals surface area contributed by atoms with Gasteiger partial charge in [-0.25, -0.2) is 0 Å². The number of hydrogen-bond donors (Lipinski definition) is 1. The summed E-state index contributed by atoms with van der Waals surface area (Å²) < 4.78 is 15.4. The molecule has 6 nitrogen and oxygen atoms in total. The van der Waals surface area contributed by atoms with E-state index in [-0.39, 0.29) is 12.0 Å². The van der Waals surface area contributed by atoms with E-state index in [1.807, 2.05) is 6.92 Å². The fraction of sp³-hybridized carbons (Fsp3) is 0.933. The van der Waals surface area contributed by atoms with Crippen molar-refractivity contribution in [3.05, 3.63) is 0 Å². The van der Waals surface area contributed by atoms with Gasteiger partial charge in [-0.05, 0) is 26.3 Å². The first-order chi connectivity index (χ1) is 10.2. The van der Waals surface area contributed by atoms with Gasteiger partial charge in [0.15, 0.2) is 0 Å². The van der Waals surface area contributed by atoms with Crippen LogP contribution in [-0.2, 0) is 19.0 Å². The van der Waals surface area contributed by atoms with Gasteiger partial charge in [0.1, 0.15) is 6.04 Å². The van der Waals surface area contributed by atoms with Crippen LogP contribution in [0.5, 0.6) is 0 Å². The van der Waals surface area contributed by atoms with E-state index in [1.54, 1.807) is 14.2 Å². The van der Waals surface area contributed by atoms with Crippen molar-refractivity contribution in [2.24, 2.45) is 0 Å². The number of carbonyl (C=O) groups is 1. The lowest BCUT2D eigenvalue weighted by atomic mass is 10.2. The minimum Gasteiger partial charge on any atom is -0.465 e. The molecule has 6 heteroatoms. The third-order valence-corrected chi connectivity index (χ3v) is 3.09. The molecule has 0 bridgehead atoms. The molecule has 1 unspecified atom stereocenters. The quantitative estimate of drug-likeness (QED) is 0.380. The number of nitrogens with zero attached hydrogens (tertiary/aromatic N) is 1. The molecule has 0 spiro atoms. The largest absolute Gasteiger partial charge is 0.465 e. The number of ether oxygens (including phenoxy) is 3. The molecule has 0 aromatic rings. The zero-order valence-electron chi connectivity index (χ0n) is 14.0. The smallest absolute Gasteiger partial charge is 0.324 e. The lowest BCUT2D eigenvalue weighted by Gasteiger charge is -2.26. The fourth-order valence-electron chi connectivity index (χ4n) is 1.99. The predicted molar refractivity (Wildman–Crippen MR) is 83.5 cm³/mol. The monoisotopic (exact) mass is 304 g/mol. The van der Waals surface area contributed by atoms with Crippen molar-refractivity contribution in [3.63, 3.8) is 0 Å². The van der Waals surface area contributed by atoms with Crippen LogP contribution in [0.15, 0.2) is 0 Å². The molecule has 21 heavy (non-hydrogen) atoms. The normalized spacial score (nSPS) is 12.6. The van der Waals surface area contributed by atoms with Crippen molar-refractivity contribution in [1.82, 2.24) is 10.2 Å². The number of esters is 1. The third-order valence-electron chi connectivity index (χ3n) is 3.09. The molecule has 1 N–H and O–H groups in total. The Morgan fingerprint density at radius 3 is 2.43 bits per heavy atom. The molecule has 0 saturated carbocycles. The van der Waals surface area contributed by atoms with E-state index < -0.39 is 0 Å². The summed E-state index contributed by atoms with van der Waals surface area (Å²) >= 11 is 0. The Morgan fingerprint density at radius 2 is 1.86 bits per heavy atom. The van der Waals surface area contributed by atoms with E-state index in [0.717, 1.165) is 39.1 Å². The summed E-state index contributed by atoms with van der Waals surface area (Å²) in [4.78, 5) is 14.2. The van der Waals surface area contributed by atoms with Crippen molar-refractivity contribution in [2.45, 2.75) is 32.7 Å². The van der Waals surface area contributed by atoms with Crippen LogP contribution in [-0.4, -0.2) is 77.1 Å². The van der Waals surface area contributed by atoms with Crippen LogP contribution in [0, 0.1) is 0 Å². The summed E-state index contributed by atoms with van der Waals surface area (Å²) in [5.74, 6) is -0.180. The maximum absolute atomic E-state index is 12.0. The van der Waals surface area contributed by atoms with Crippen LogP contribution in [0.2, 0.25) is 0 Å². The summed E-state index contributed by atoms with van der Waals surface area (Å²) in [6.45, 7) is 8.79. The van der Waals surface area contributed by atoms with E-state index in [0.29, 0.717) is 19.8 Å². The van der Waals surface area contributed by atoms with Gasteiger partial charge in [-0.3, -0.25) is 9.69 Å². The molecule has 0 aromatic carbocycles. The number of methoxy groups -OCH3 is 2. The SMILES string of the molecule is CCCNC(CN(CCCOC)CCOC)C(=O)OCC. The Bertz CT molecular complexity index is 252. The average molecular weight is 304 g/mol. The maximum atomic E-state index is 12.0. The van der Waals surface area contributed by atoms with E-state index in [1.165, 1.54) is 0 Å². The summed E-state index contributed by atoms with van der Waals surface area (Å²) in [6, 6.07) is -0.288. The van der Waals surface area contributed by atoms with Gasteiger partial charge < -0.3 is 19.5 Å². The van der Waals surface area contributed by atoms with Crippen LogP contribution >= 0.6 is 0 Å². The molecule has 0 fully saturated rings. The van der Waals surface area contributed by atoms with Gasteiger partial charge in [-0.1, -0.05) is 6.92 Å². The molecule has 0 aliphatic heterocycles. The van der Waals surface area contributed by atoms with Crippen LogP contribution in [0.4, 0.5) is 0 Å². The highest BCUT2D eigenvalue weighted by molar-refractivity contribution is 5.76. The molecule has 0 rings (SSSR count). The second-order valence-electron chi connectivity index (χ2n) is 4.90. The highest BCUT2D eigenvalue weighted by atomic mass is 16.5. The fourth-order valence-corrected chi connectivity index (χ4v) is 1.99. The molecule has 0 saturated heterocycles. The Balaban J connectivity index is 4.46. The Labute approximate surface area is 129 Å². The standard InChI is InChI=1S/C15H32N2O4/c1-5-8-16-14(15(18)21-6-2)13-17(10-12-20-4)9-7-11-19-3/h14,16H,5-13H2,1-4H3. The first-order valence-electron chi connectivity index (χ1n) is 7.79. The minimum absolute atomic E-state index is 0.180. The molecule has 1 atom stereocenters. The molecule has 0 heterocycles. The molecule has 126 valence electrons. The summed E-state index contributed by atoms with van der Waals surface area (Å²) in [7, 11) is 3.38. The van der Waals surface area contributed by atoms with Gasteiger partial charge >= 0.3 is 5.97 Å². The van der Waals surface area contributed by atoms with Crippen molar-refractivity contribution >= 4 is 5.97 Å². The van der Waals surface area contributed by atoms with Gasteiger partial charge in [0, 0.05) is 40.5 Å². The van der Waals surface area contributed by atoms with Crippen LogP contribution in [0.3, 0.4) is 0 Å². The van der Waals surface area contributed by atoms with Gasteiger partial charge in [-0.15, -0.1) is 0 Å². The van der Waals surface area contributed by atoms with E-state index >= 15 is 0 Å². The van der Waals surface area contributed by atoms with Crippen molar-refractivity contribution in [1.29, 1.82) is 0 Å². The zero-order chi connectivity index (χ0) is 15.9. The van der Waals surface area contributed by atoms with Crippen molar-refractivity contribution in [3.8, 4) is 0 Å². The lowest BCUT2D eigenvalue weighted by Crippen LogP contribution is -2.48. The topological polar surface area (TPSA) is 60.0 Å². The van der Waals surface area contributed by atoms with Gasteiger partial charge in [0.2, 0.25) is 0 Å². The number of nitrogens with one attached hydrogen (secondary N) is 1. The van der Waals surface area contributed by atoms with E-state index in [9.17, 15) is 4.79 Å². The molecular weight excluding hydrogens is 272 g/mol. The summed E-state index contributed by atoms with van der Waals surface area (Å²) in [5.41, 5.74) is 0. The van der Waals surface area contributed by atoms with E-state index in [4.69, 9.17) is 14.2 Å². The molecule has 0 aliphatic carbocycles. The van der Waals surface area contributed by atoms with E-state index in [2.05, 4.69) is 17.1 Å². The first-order valence-corrected chi connectivity index (χ1v) is 7.79. The minimum atomic E-state index is -0.288. The molecule has 0 amide bonds. The third kappa shape index (κ3) is 10.6.